The van der Waals surface area contributed by atoms with Crippen LogP contribution in [0.2, 0.25) is 10.0 Å². The number of rotatable bonds is 7. The van der Waals surface area contributed by atoms with Crippen molar-refractivity contribution in [1.29, 1.82) is 0 Å². The average molecular weight is 707 g/mol. The van der Waals surface area contributed by atoms with Crippen molar-refractivity contribution in [2.24, 2.45) is 5.92 Å². The molecule has 13 heteroatoms. The molecule has 7 rings (SSSR count). The SMILES string of the molecule is O=C(C[N+]12CCC(CC1)[C@@H](OC(=O)C1(c3ccccc3)CCCCCC1)C2)Nc1ccc(F)cn1.O=S(=O)([O-])c1cc(Cl)ccc1Cl. The fourth-order valence-electron chi connectivity index (χ4n) is 7.13. The first-order valence-corrected chi connectivity index (χ1v) is 18.0. The van der Waals surface area contributed by atoms with Crippen molar-refractivity contribution < 1.29 is 36.2 Å². The van der Waals surface area contributed by atoms with E-state index in [1.807, 2.05) is 18.2 Å². The molecule has 4 heterocycles. The molecule has 1 aliphatic carbocycles. The normalized spacial score (nSPS) is 23.5. The Labute approximate surface area is 284 Å². The molecule has 47 heavy (non-hydrogen) atoms. The van der Waals surface area contributed by atoms with Crippen molar-refractivity contribution in [3.8, 4) is 0 Å². The molecule has 4 aliphatic rings. The Kier molecular flexibility index (Phi) is 11.2. The molecule has 1 saturated carbocycles. The Morgan fingerprint density at radius 1 is 1.00 bits per heavy atom. The van der Waals surface area contributed by atoms with E-state index in [9.17, 15) is 27.0 Å². The Bertz CT molecular complexity index is 1660. The van der Waals surface area contributed by atoms with E-state index in [-0.39, 0.29) is 28.0 Å². The molecule has 0 radical (unpaired) electrons. The first-order chi connectivity index (χ1) is 22.4. The average Bonchev–Trinajstić information content (AvgIpc) is 3.31. The van der Waals surface area contributed by atoms with Gasteiger partial charge in [-0.25, -0.2) is 17.8 Å². The molecule has 252 valence electrons. The first-order valence-electron chi connectivity index (χ1n) is 15.8. The number of halogens is 3. The van der Waals surface area contributed by atoms with Crippen LogP contribution in [0.3, 0.4) is 0 Å². The standard InChI is InChI=1S/C28H34FN3O3.C6H4Cl2O3S/c29-23-10-11-25(30-18-23)31-26(33)20-32-16-12-21(13-17-32)24(19-32)35-27(34)28(14-6-1-2-7-15-28)22-8-4-3-5-9-22;7-4-1-2-5(8)6(3-4)12(9,10)11/h3-5,8-11,18,21,24H,1-2,6-7,12-17,19-20H2;1-3H,(H,9,10,11)/t21?,24-,32?;/m0./s1. The highest BCUT2D eigenvalue weighted by molar-refractivity contribution is 7.85. The van der Waals surface area contributed by atoms with Gasteiger partial charge in [-0.1, -0.05) is 79.2 Å². The summed E-state index contributed by atoms with van der Waals surface area (Å²) in [4.78, 5) is 30.1. The molecule has 1 amide bonds. The fourth-order valence-corrected chi connectivity index (χ4v) is 8.35. The second kappa shape index (κ2) is 15.0. The number of nitrogens with zero attached hydrogens (tertiary/aromatic N) is 2. The topological polar surface area (TPSA) is 125 Å². The second-order valence-electron chi connectivity index (χ2n) is 12.7. The third kappa shape index (κ3) is 8.69. The van der Waals surface area contributed by atoms with Gasteiger partial charge in [0, 0.05) is 23.8 Å². The number of nitrogens with one attached hydrogen (secondary N) is 1. The van der Waals surface area contributed by atoms with Gasteiger partial charge in [0.05, 0.1) is 34.6 Å². The molecule has 2 aromatic carbocycles. The lowest BCUT2D eigenvalue weighted by atomic mass is 9.74. The van der Waals surface area contributed by atoms with E-state index < -0.39 is 26.2 Å². The van der Waals surface area contributed by atoms with Crippen LogP contribution < -0.4 is 5.32 Å². The number of aromatic nitrogens is 1. The third-order valence-corrected chi connectivity index (χ3v) is 11.2. The molecule has 1 N–H and O–H groups in total. The predicted octanol–water partition coefficient (Wildman–Crippen LogP) is 6.50. The lowest BCUT2D eigenvalue weighted by molar-refractivity contribution is -0.939. The van der Waals surface area contributed by atoms with Crippen LogP contribution in [0.25, 0.3) is 0 Å². The van der Waals surface area contributed by atoms with Crippen LogP contribution in [-0.2, 0) is 29.9 Å². The number of hydrogen-bond donors (Lipinski definition) is 1. The maximum Gasteiger partial charge on any atom is 0.317 e. The predicted molar refractivity (Wildman–Crippen MR) is 175 cm³/mol. The number of pyridine rings is 1. The maximum absolute atomic E-state index is 13.9. The van der Waals surface area contributed by atoms with Crippen molar-refractivity contribution in [1.82, 2.24) is 4.98 Å². The van der Waals surface area contributed by atoms with E-state index in [2.05, 4.69) is 22.4 Å². The Morgan fingerprint density at radius 2 is 1.68 bits per heavy atom. The minimum Gasteiger partial charge on any atom is -0.744 e. The minimum atomic E-state index is -4.52. The summed E-state index contributed by atoms with van der Waals surface area (Å²) in [5.41, 5.74) is 0.503. The number of anilines is 1. The molecule has 0 spiro atoms. The Morgan fingerprint density at radius 3 is 2.28 bits per heavy atom. The van der Waals surface area contributed by atoms with Crippen LogP contribution in [0, 0.1) is 11.7 Å². The summed E-state index contributed by atoms with van der Waals surface area (Å²) in [6.07, 6.45) is 8.91. The van der Waals surface area contributed by atoms with Crippen molar-refractivity contribution in [3.05, 3.63) is 88.3 Å². The van der Waals surface area contributed by atoms with Crippen molar-refractivity contribution in [2.45, 2.75) is 67.8 Å². The van der Waals surface area contributed by atoms with E-state index >= 15 is 0 Å². The summed E-state index contributed by atoms with van der Waals surface area (Å²) >= 11 is 10.9. The fraction of sp³-hybridized carbons (Fsp3) is 0.441. The van der Waals surface area contributed by atoms with E-state index in [1.165, 1.54) is 24.3 Å². The number of fused-ring (bicyclic) bond motifs is 3. The zero-order valence-electron chi connectivity index (χ0n) is 25.9. The van der Waals surface area contributed by atoms with Gasteiger partial charge in [-0.2, -0.15) is 0 Å². The van der Waals surface area contributed by atoms with Crippen molar-refractivity contribution >= 4 is 51.0 Å². The lowest BCUT2D eigenvalue weighted by Crippen LogP contribution is -2.66. The smallest absolute Gasteiger partial charge is 0.317 e. The van der Waals surface area contributed by atoms with Crippen LogP contribution >= 0.6 is 23.2 Å². The highest BCUT2D eigenvalue weighted by atomic mass is 35.5. The van der Waals surface area contributed by atoms with Crippen LogP contribution in [0.4, 0.5) is 10.2 Å². The largest absolute Gasteiger partial charge is 0.744 e. The van der Waals surface area contributed by atoms with Gasteiger partial charge in [0.2, 0.25) is 0 Å². The molecule has 3 aromatic rings. The number of quaternary nitrogens is 1. The van der Waals surface area contributed by atoms with E-state index in [0.717, 1.165) is 82.3 Å². The molecular weight excluding hydrogens is 668 g/mol. The number of carbonyl (C=O) groups is 2. The van der Waals surface area contributed by atoms with Gasteiger partial charge in [-0.05, 0) is 48.7 Å². The van der Waals surface area contributed by atoms with Gasteiger partial charge >= 0.3 is 5.97 Å². The van der Waals surface area contributed by atoms with Gasteiger partial charge in [0.25, 0.3) is 5.91 Å². The molecule has 3 saturated heterocycles. The Hall–Kier alpha value is -3.09. The second-order valence-corrected chi connectivity index (χ2v) is 14.9. The molecular formula is C34H38Cl2FN3O6S. The monoisotopic (exact) mass is 705 g/mol. The maximum atomic E-state index is 13.9. The summed E-state index contributed by atoms with van der Waals surface area (Å²) in [6, 6.07) is 16.6. The number of esters is 1. The van der Waals surface area contributed by atoms with E-state index in [4.69, 9.17) is 27.9 Å². The number of amides is 1. The number of benzene rings is 2. The highest BCUT2D eigenvalue weighted by Crippen LogP contribution is 2.42. The molecule has 4 fully saturated rings. The molecule has 2 bridgehead atoms. The van der Waals surface area contributed by atoms with Gasteiger partial charge in [-0.15, -0.1) is 0 Å². The first kappa shape index (κ1) is 35.2. The van der Waals surface area contributed by atoms with Gasteiger partial charge in [-0.3, -0.25) is 9.59 Å². The van der Waals surface area contributed by atoms with Crippen LogP contribution in [0.1, 0.15) is 56.9 Å². The van der Waals surface area contributed by atoms with Gasteiger partial charge in [0.15, 0.2) is 12.6 Å². The quantitative estimate of drug-likeness (QED) is 0.129. The van der Waals surface area contributed by atoms with Crippen LogP contribution in [0.15, 0.2) is 71.8 Å². The summed E-state index contributed by atoms with van der Waals surface area (Å²) in [6.45, 7) is 2.80. The molecule has 9 nitrogen and oxygen atoms in total. The van der Waals surface area contributed by atoms with Crippen molar-refractivity contribution in [3.63, 3.8) is 0 Å². The van der Waals surface area contributed by atoms with Gasteiger partial charge in [0.1, 0.15) is 28.3 Å². The summed E-state index contributed by atoms with van der Waals surface area (Å²) < 4.78 is 51.7. The summed E-state index contributed by atoms with van der Waals surface area (Å²) in [5, 5.41) is 2.84. The third-order valence-electron chi connectivity index (χ3n) is 9.61. The van der Waals surface area contributed by atoms with Crippen molar-refractivity contribution in [2.75, 3.05) is 31.5 Å². The van der Waals surface area contributed by atoms with Crippen LogP contribution in [0.5, 0.6) is 0 Å². The lowest BCUT2D eigenvalue weighted by Gasteiger charge is -2.52. The number of carbonyl (C=O) groups excluding carboxylic acids is 2. The highest BCUT2D eigenvalue weighted by Gasteiger charge is 2.51. The molecule has 1 aromatic heterocycles. The number of ether oxygens (including phenoxy) is 1. The minimum absolute atomic E-state index is 0.0811. The molecule has 1 atom stereocenters. The molecule has 0 unspecified atom stereocenters. The number of hydrogen-bond acceptors (Lipinski definition) is 7. The van der Waals surface area contributed by atoms with E-state index in [0.29, 0.717) is 29.3 Å². The number of piperidine rings is 3. The Balaban J connectivity index is 0.000000305. The van der Waals surface area contributed by atoms with Gasteiger partial charge < -0.3 is 19.1 Å². The van der Waals surface area contributed by atoms with E-state index in [1.54, 1.807) is 0 Å². The zero-order chi connectivity index (χ0) is 33.7. The summed E-state index contributed by atoms with van der Waals surface area (Å²) in [5.74, 6) is 0.0538. The molecule has 3 aliphatic heterocycles. The zero-order valence-corrected chi connectivity index (χ0v) is 28.2. The van der Waals surface area contributed by atoms with Crippen LogP contribution in [-0.4, -0.2) is 66.6 Å². The summed E-state index contributed by atoms with van der Waals surface area (Å²) in [7, 11) is -4.52.